The van der Waals surface area contributed by atoms with Crippen molar-refractivity contribution in [2.24, 2.45) is 5.73 Å². The Labute approximate surface area is 122 Å². The Morgan fingerprint density at radius 3 is 2.45 bits per heavy atom. The molecule has 0 saturated carbocycles. The van der Waals surface area contributed by atoms with Crippen LogP contribution in [0.25, 0.3) is 0 Å². The summed E-state index contributed by atoms with van der Waals surface area (Å²) in [7, 11) is 0. The molecule has 0 spiro atoms. The Hall–Kier alpha value is -1.39. The van der Waals surface area contributed by atoms with Crippen LogP contribution in [0.5, 0.6) is 0 Å². The third kappa shape index (κ3) is 3.58. The van der Waals surface area contributed by atoms with Gasteiger partial charge in [-0.1, -0.05) is 31.2 Å². The lowest BCUT2D eigenvalue weighted by Crippen LogP contribution is -2.14. The smallest absolute Gasteiger partial charge is 0.162 e. The highest BCUT2D eigenvalue weighted by Gasteiger charge is 2.13. The molecule has 2 aromatic rings. The first kappa shape index (κ1) is 15.0. The predicted octanol–water partition coefficient (Wildman–Crippen LogP) is 4.32. The summed E-state index contributed by atoms with van der Waals surface area (Å²) in [5.74, 6) is -0.620. The van der Waals surface area contributed by atoms with Gasteiger partial charge in [-0.25, -0.2) is 8.78 Å². The maximum atomic E-state index is 13.6. The number of hydrogen-bond donors (Lipinski definition) is 1. The van der Waals surface area contributed by atoms with Gasteiger partial charge in [0.2, 0.25) is 0 Å². The van der Waals surface area contributed by atoms with Gasteiger partial charge in [0.1, 0.15) is 0 Å². The lowest BCUT2D eigenvalue weighted by Gasteiger charge is -2.13. The number of halogens is 2. The van der Waals surface area contributed by atoms with E-state index in [0.29, 0.717) is 5.56 Å². The summed E-state index contributed by atoms with van der Waals surface area (Å²) in [5.41, 5.74) is 7.31. The summed E-state index contributed by atoms with van der Waals surface area (Å²) in [6, 6.07) is 11.7. The molecule has 0 aliphatic heterocycles. The van der Waals surface area contributed by atoms with Crippen LogP contribution < -0.4 is 5.73 Å². The fourth-order valence-corrected chi connectivity index (χ4v) is 2.70. The molecule has 0 radical (unpaired) electrons. The molecule has 4 heteroatoms. The Balaban J connectivity index is 2.11. The molecule has 0 saturated heterocycles. The van der Waals surface area contributed by atoms with Crippen LogP contribution in [0.3, 0.4) is 0 Å². The average molecular weight is 293 g/mol. The van der Waals surface area contributed by atoms with Crippen LogP contribution in [-0.4, -0.2) is 5.75 Å². The SMILES string of the molecule is CCSc1ccc(C(N)Cc2cccc(F)c2F)cc1. The zero-order chi connectivity index (χ0) is 14.5. The van der Waals surface area contributed by atoms with E-state index in [0.717, 1.165) is 17.4 Å². The highest BCUT2D eigenvalue weighted by atomic mass is 32.2. The van der Waals surface area contributed by atoms with E-state index in [-0.39, 0.29) is 12.5 Å². The van der Waals surface area contributed by atoms with Crippen molar-refractivity contribution in [3.63, 3.8) is 0 Å². The van der Waals surface area contributed by atoms with E-state index in [4.69, 9.17) is 5.73 Å². The van der Waals surface area contributed by atoms with Crippen LogP contribution in [-0.2, 0) is 6.42 Å². The maximum absolute atomic E-state index is 13.6. The van der Waals surface area contributed by atoms with Crippen LogP contribution in [0.1, 0.15) is 24.1 Å². The molecule has 1 atom stereocenters. The van der Waals surface area contributed by atoms with Crippen LogP contribution in [0, 0.1) is 11.6 Å². The van der Waals surface area contributed by atoms with Crippen LogP contribution in [0.2, 0.25) is 0 Å². The minimum atomic E-state index is -0.829. The van der Waals surface area contributed by atoms with E-state index in [2.05, 4.69) is 6.92 Å². The lowest BCUT2D eigenvalue weighted by atomic mass is 9.99. The van der Waals surface area contributed by atoms with Crippen molar-refractivity contribution >= 4 is 11.8 Å². The summed E-state index contributed by atoms with van der Waals surface area (Å²) >= 11 is 1.75. The Bertz CT molecular complexity index is 569. The summed E-state index contributed by atoms with van der Waals surface area (Å²) in [6.07, 6.45) is 0.282. The van der Waals surface area contributed by atoms with Crippen molar-refractivity contribution in [1.82, 2.24) is 0 Å². The summed E-state index contributed by atoms with van der Waals surface area (Å²) in [5, 5.41) is 0. The Kier molecular flexibility index (Phi) is 5.15. The Morgan fingerprint density at radius 2 is 1.80 bits per heavy atom. The Morgan fingerprint density at radius 1 is 1.10 bits per heavy atom. The molecule has 2 aromatic carbocycles. The van der Waals surface area contributed by atoms with Crippen molar-refractivity contribution in [3.8, 4) is 0 Å². The molecule has 0 amide bonds. The molecular formula is C16H17F2NS. The zero-order valence-corrected chi connectivity index (χ0v) is 12.1. The van der Waals surface area contributed by atoms with Crippen molar-refractivity contribution < 1.29 is 8.78 Å². The van der Waals surface area contributed by atoms with Crippen molar-refractivity contribution in [2.45, 2.75) is 24.3 Å². The summed E-state index contributed by atoms with van der Waals surface area (Å²) in [4.78, 5) is 1.18. The van der Waals surface area contributed by atoms with Crippen LogP contribution >= 0.6 is 11.8 Å². The highest BCUT2D eigenvalue weighted by Crippen LogP contribution is 2.23. The van der Waals surface area contributed by atoms with Gasteiger partial charge in [-0.2, -0.15) is 0 Å². The van der Waals surface area contributed by atoms with E-state index >= 15 is 0 Å². The molecule has 0 aromatic heterocycles. The normalized spacial score (nSPS) is 12.4. The minimum Gasteiger partial charge on any atom is -0.324 e. The molecule has 0 aliphatic rings. The molecule has 0 fully saturated rings. The van der Waals surface area contributed by atoms with Crippen molar-refractivity contribution in [1.29, 1.82) is 0 Å². The van der Waals surface area contributed by atoms with Gasteiger partial charge in [-0.05, 0) is 41.5 Å². The van der Waals surface area contributed by atoms with E-state index in [1.807, 2.05) is 24.3 Å². The number of benzene rings is 2. The largest absolute Gasteiger partial charge is 0.324 e. The van der Waals surface area contributed by atoms with Crippen LogP contribution in [0.4, 0.5) is 8.78 Å². The molecule has 20 heavy (non-hydrogen) atoms. The second-order valence-corrected chi connectivity index (χ2v) is 5.86. The van der Waals surface area contributed by atoms with Gasteiger partial charge in [0, 0.05) is 10.9 Å². The van der Waals surface area contributed by atoms with Gasteiger partial charge < -0.3 is 5.73 Å². The molecule has 106 valence electrons. The lowest BCUT2D eigenvalue weighted by molar-refractivity contribution is 0.494. The second kappa shape index (κ2) is 6.86. The summed E-state index contributed by atoms with van der Waals surface area (Å²) in [6.45, 7) is 2.09. The van der Waals surface area contributed by atoms with Crippen molar-refractivity contribution in [3.05, 3.63) is 65.2 Å². The fourth-order valence-electron chi connectivity index (χ4n) is 2.04. The maximum Gasteiger partial charge on any atom is 0.162 e. The third-order valence-electron chi connectivity index (χ3n) is 3.09. The summed E-state index contributed by atoms with van der Waals surface area (Å²) < 4.78 is 26.8. The van der Waals surface area contributed by atoms with Gasteiger partial charge in [0.25, 0.3) is 0 Å². The van der Waals surface area contributed by atoms with E-state index < -0.39 is 11.6 Å². The number of hydrogen-bond acceptors (Lipinski definition) is 2. The topological polar surface area (TPSA) is 26.0 Å². The molecule has 2 rings (SSSR count). The quantitative estimate of drug-likeness (QED) is 0.831. The molecule has 1 nitrogen and oxygen atoms in total. The molecule has 1 unspecified atom stereocenters. The van der Waals surface area contributed by atoms with Crippen molar-refractivity contribution in [2.75, 3.05) is 5.75 Å². The van der Waals surface area contributed by atoms with Gasteiger partial charge in [0.05, 0.1) is 0 Å². The predicted molar refractivity (Wildman–Crippen MR) is 79.8 cm³/mol. The highest BCUT2D eigenvalue weighted by molar-refractivity contribution is 7.99. The van der Waals surface area contributed by atoms with Gasteiger partial charge >= 0.3 is 0 Å². The number of nitrogens with two attached hydrogens (primary N) is 1. The molecule has 0 heterocycles. The first-order valence-electron chi connectivity index (χ1n) is 6.53. The number of thioether (sulfide) groups is 1. The molecular weight excluding hydrogens is 276 g/mol. The van der Waals surface area contributed by atoms with E-state index in [9.17, 15) is 8.78 Å². The van der Waals surface area contributed by atoms with Gasteiger partial charge in [0.15, 0.2) is 11.6 Å². The zero-order valence-electron chi connectivity index (χ0n) is 11.3. The average Bonchev–Trinajstić information content (AvgIpc) is 2.45. The standard InChI is InChI=1S/C16H17F2NS/c1-2-20-13-8-6-11(7-9-13)15(19)10-12-4-3-5-14(17)16(12)18/h3-9,15H,2,10,19H2,1H3. The molecule has 0 aliphatic carbocycles. The molecule has 2 N–H and O–H groups in total. The first-order valence-corrected chi connectivity index (χ1v) is 7.51. The minimum absolute atomic E-state index is 0.282. The van der Waals surface area contributed by atoms with E-state index in [1.165, 1.54) is 11.0 Å². The first-order chi connectivity index (χ1) is 9.61. The van der Waals surface area contributed by atoms with E-state index in [1.54, 1.807) is 17.8 Å². The second-order valence-electron chi connectivity index (χ2n) is 4.53. The van der Waals surface area contributed by atoms with Gasteiger partial charge in [-0.15, -0.1) is 11.8 Å². The monoisotopic (exact) mass is 293 g/mol. The molecule has 0 bridgehead atoms. The van der Waals surface area contributed by atoms with Crippen LogP contribution in [0.15, 0.2) is 47.4 Å². The van der Waals surface area contributed by atoms with Gasteiger partial charge in [-0.3, -0.25) is 0 Å². The number of rotatable bonds is 5. The fraction of sp³-hybridized carbons (Fsp3) is 0.250. The third-order valence-corrected chi connectivity index (χ3v) is 3.98.